The number of amides is 1. The SMILES string of the molecule is CN1CCC(NC(=O)c2cccc3c2ccn3C)CC1. The Morgan fingerprint density at radius 2 is 1.95 bits per heavy atom. The third-order valence-electron chi connectivity index (χ3n) is 4.23. The zero-order valence-electron chi connectivity index (χ0n) is 12.1. The number of rotatable bonds is 2. The highest BCUT2D eigenvalue weighted by molar-refractivity contribution is 6.06. The summed E-state index contributed by atoms with van der Waals surface area (Å²) in [6.45, 7) is 2.11. The van der Waals surface area contributed by atoms with Gasteiger partial charge in [0.25, 0.3) is 5.91 Å². The minimum Gasteiger partial charge on any atom is -0.351 e. The van der Waals surface area contributed by atoms with Gasteiger partial charge in [0.1, 0.15) is 0 Å². The number of nitrogens with one attached hydrogen (secondary N) is 1. The number of hydrogen-bond donors (Lipinski definition) is 1. The van der Waals surface area contributed by atoms with Crippen LogP contribution in [-0.2, 0) is 7.05 Å². The minimum atomic E-state index is 0.0522. The Hall–Kier alpha value is -1.81. The number of aryl methyl sites for hydroxylation is 1. The van der Waals surface area contributed by atoms with E-state index in [9.17, 15) is 4.79 Å². The number of nitrogens with zero attached hydrogens (tertiary/aromatic N) is 2. The minimum absolute atomic E-state index is 0.0522. The van der Waals surface area contributed by atoms with Crippen molar-refractivity contribution in [2.24, 2.45) is 7.05 Å². The molecular weight excluding hydrogens is 250 g/mol. The summed E-state index contributed by atoms with van der Waals surface area (Å²) in [5.41, 5.74) is 1.88. The van der Waals surface area contributed by atoms with Crippen LogP contribution in [0.4, 0.5) is 0 Å². The molecule has 0 bridgehead atoms. The fraction of sp³-hybridized carbons (Fsp3) is 0.438. The molecule has 0 unspecified atom stereocenters. The molecule has 1 aromatic carbocycles. The largest absolute Gasteiger partial charge is 0.351 e. The van der Waals surface area contributed by atoms with Crippen molar-refractivity contribution in [3.05, 3.63) is 36.0 Å². The van der Waals surface area contributed by atoms with Crippen LogP contribution in [0.15, 0.2) is 30.5 Å². The van der Waals surface area contributed by atoms with Gasteiger partial charge in [-0.2, -0.15) is 0 Å². The Bertz CT molecular complexity index is 624. The third kappa shape index (κ3) is 2.43. The topological polar surface area (TPSA) is 37.3 Å². The first-order valence-electron chi connectivity index (χ1n) is 7.18. The second-order valence-corrected chi connectivity index (χ2v) is 5.72. The summed E-state index contributed by atoms with van der Waals surface area (Å²) in [6.07, 6.45) is 4.07. The Balaban J connectivity index is 1.79. The second-order valence-electron chi connectivity index (χ2n) is 5.72. The number of fused-ring (bicyclic) bond motifs is 1. The highest BCUT2D eigenvalue weighted by atomic mass is 16.1. The van der Waals surface area contributed by atoms with Crippen LogP contribution in [0.25, 0.3) is 10.9 Å². The van der Waals surface area contributed by atoms with Crippen molar-refractivity contribution in [3.8, 4) is 0 Å². The van der Waals surface area contributed by atoms with E-state index in [0.29, 0.717) is 6.04 Å². The van der Waals surface area contributed by atoms with Crippen LogP contribution < -0.4 is 5.32 Å². The van der Waals surface area contributed by atoms with E-state index in [1.807, 2.05) is 42.1 Å². The van der Waals surface area contributed by atoms with Gasteiger partial charge in [-0.1, -0.05) is 6.07 Å². The summed E-state index contributed by atoms with van der Waals surface area (Å²) in [5, 5.41) is 4.21. The normalized spacial score (nSPS) is 17.5. The summed E-state index contributed by atoms with van der Waals surface area (Å²) >= 11 is 0. The molecule has 1 fully saturated rings. The van der Waals surface area contributed by atoms with Crippen molar-refractivity contribution < 1.29 is 4.79 Å². The molecule has 1 N–H and O–H groups in total. The first-order chi connectivity index (χ1) is 9.65. The number of benzene rings is 1. The molecule has 0 spiro atoms. The quantitative estimate of drug-likeness (QED) is 0.907. The molecule has 4 nitrogen and oxygen atoms in total. The summed E-state index contributed by atoms with van der Waals surface area (Å²) in [5.74, 6) is 0.0522. The standard InChI is InChI=1S/C16H21N3O/c1-18-9-6-12(7-10-18)17-16(20)14-4-3-5-15-13(14)8-11-19(15)2/h3-5,8,11-12H,6-7,9-10H2,1-2H3,(H,17,20). The van der Waals surface area contributed by atoms with Gasteiger partial charge in [-0.25, -0.2) is 0 Å². The number of piperidine rings is 1. The zero-order valence-corrected chi connectivity index (χ0v) is 12.1. The molecule has 106 valence electrons. The fourth-order valence-corrected chi connectivity index (χ4v) is 2.92. The average Bonchev–Trinajstić information content (AvgIpc) is 2.83. The van der Waals surface area contributed by atoms with Gasteiger partial charge in [0.05, 0.1) is 0 Å². The van der Waals surface area contributed by atoms with E-state index >= 15 is 0 Å². The lowest BCUT2D eigenvalue weighted by Gasteiger charge is -2.29. The van der Waals surface area contributed by atoms with Crippen molar-refractivity contribution in [3.63, 3.8) is 0 Å². The Morgan fingerprint density at radius 1 is 1.20 bits per heavy atom. The van der Waals surface area contributed by atoms with E-state index in [0.717, 1.165) is 42.4 Å². The van der Waals surface area contributed by atoms with E-state index in [1.165, 1.54) is 0 Å². The van der Waals surface area contributed by atoms with Crippen molar-refractivity contribution in [2.45, 2.75) is 18.9 Å². The molecule has 3 rings (SSSR count). The Kier molecular flexibility index (Phi) is 3.49. The van der Waals surface area contributed by atoms with Crippen molar-refractivity contribution >= 4 is 16.8 Å². The second kappa shape index (κ2) is 5.29. The maximum Gasteiger partial charge on any atom is 0.252 e. The number of hydrogen-bond acceptors (Lipinski definition) is 2. The van der Waals surface area contributed by atoms with E-state index in [1.54, 1.807) is 0 Å². The molecule has 4 heteroatoms. The van der Waals surface area contributed by atoms with Crippen LogP contribution in [0.5, 0.6) is 0 Å². The molecule has 1 aliphatic rings. The van der Waals surface area contributed by atoms with Crippen molar-refractivity contribution in [1.29, 1.82) is 0 Å². The number of carbonyl (C=O) groups is 1. The zero-order chi connectivity index (χ0) is 14.1. The van der Waals surface area contributed by atoms with Crippen molar-refractivity contribution in [2.75, 3.05) is 20.1 Å². The van der Waals surface area contributed by atoms with E-state index < -0.39 is 0 Å². The maximum atomic E-state index is 12.5. The van der Waals surface area contributed by atoms with Gasteiger partial charge in [-0.05, 0) is 51.2 Å². The van der Waals surface area contributed by atoms with E-state index in [2.05, 4.69) is 17.3 Å². The maximum absolute atomic E-state index is 12.5. The number of likely N-dealkylation sites (tertiary alicyclic amines) is 1. The molecule has 0 atom stereocenters. The molecule has 1 aromatic heterocycles. The molecule has 20 heavy (non-hydrogen) atoms. The fourth-order valence-electron chi connectivity index (χ4n) is 2.92. The van der Waals surface area contributed by atoms with E-state index in [-0.39, 0.29) is 5.91 Å². The first kappa shape index (κ1) is 13.2. The summed E-state index contributed by atoms with van der Waals surface area (Å²) < 4.78 is 2.04. The smallest absolute Gasteiger partial charge is 0.252 e. The molecule has 0 aliphatic carbocycles. The monoisotopic (exact) mass is 271 g/mol. The summed E-state index contributed by atoms with van der Waals surface area (Å²) in [7, 11) is 4.13. The Morgan fingerprint density at radius 3 is 2.70 bits per heavy atom. The van der Waals surface area contributed by atoms with Crippen LogP contribution in [0, 0.1) is 0 Å². The third-order valence-corrected chi connectivity index (χ3v) is 4.23. The molecular formula is C16H21N3O. The van der Waals surface area contributed by atoms with Crippen LogP contribution in [-0.4, -0.2) is 41.6 Å². The van der Waals surface area contributed by atoms with Gasteiger partial charge in [0.2, 0.25) is 0 Å². The lowest BCUT2D eigenvalue weighted by atomic mass is 10.0. The highest BCUT2D eigenvalue weighted by Gasteiger charge is 2.20. The molecule has 1 saturated heterocycles. The average molecular weight is 271 g/mol. The van der Waals surface area contributed by atoms with Crippen LogP contribution in [0.1, 0.15) is 23.2 Å². The molecule has 0 radical (unpaired) electrons. The Labute approximate surface area is 119 Å². The molecule has 1 amide bonds. The lowest BCUT2D eigenvalue weighted by Crippen LogP contribution is -2.43. The predicted molar refractivity (Wildman–Crippen MR) is 80.9 cm³/mol. The van der Waals surface area contributed by atoms with Crippen LogP contribution in [0.3, 0.4) is 0 Å². The van der Waals surface area contributed by atoms with Gasteiger partial charge >= 0.3 is 0 Å². The summed E-state index contributed by atoms with van der Waals surface area (Å²) in [6, 6.07) is 8.22. The molecule has 2 aromatic rings. The lowest BCUT2D eigenvalue weighted by molar-refractivity contribution is 0.0918. The molecule has 2 heterocycles. The van der Waals surface area contributed by atoms with Crippen LogP contribution >= 0.6 is 0 Å². The van der Waals surface area contributed by atoms with Crippen molar-refractivity contribution in [1.82, 2.24) is 14.8 Å². The van der Waals surface area contributed by atoms with Gasteiger partial charge < -0.3 is 14.8 Å². The van der Waals surface area contributed by atoms with E-state index in [4.69, 9.17) is 0 Å². The number of aromatic nitrogens is 1. The summed E-state index contributed by atoms with van der Waals surface area (Å²) in [4.78, 5) is 14.8. The first-order valence-corrected chi connectivity index (χ1v) is 7.18. The van der Waals surface area contributed by atoms with Gasteiger partial charge in [-0.3, -0.25) is 4.79 Å². The predicted octanol–water partition coefficient (Wildman–Crippen LogP) is 2.00. The molecule has 0 saturated carbocycles. The van der Waals surface area contributed by atoms with Crippen LogP contribution in [0.2, 0.25) is 0 Å². The van der Waals surface area contributed by atoms with Gasteiger partial charge in [0.15, 0.2) is 0 Å². The van der Waals surface area contributed by atoms with Gasteiger partial charge in [-0.15, -0.1) is 0 Å². The molecule has 1 aliphatic heterocycles. The highest BCUT2D eigenvalue weighted by Crippen LogP contribution is 2.20. The number of carbonyl (C=O) groups excluding carboxylic acids is 1. The van der Waals surface area contributed by atoms with Gasteiger partial charge in [0, 0.05) is 35.8 Å².